The van der Waals surface area contributed by atoms with Crippen LogP contribution in [0.5, 0.6) is 0 Å². The summed E-state index contributed by atoms with van der Waals surface area (Å²) in [5.41, 5.74) is 0. The maximum absolute atomic E-state index is 12.5. The molecule has 1 N–H and O–H groups in total. The van der Waals surface area contributed by atoms with Crippen LogP contribution in [0.4, 0.5) is 0 Å². The molecule has 0 saturated carbocycles. The Hall–Kier alpha value is -1.10. The minimum Gasteiger partial charge on any atom is -0.480 e. The third kappa shape index (κ3) is 13.2. The number of quaternary nitrogens is 1. The molecule has 1 unspecified atom stereocenters. The Labute approximate surface area is 161 Å². The van der Waals surface area contributed by atoms with Gasteiger partial charge in [0.25, 0.3) is 0 Å². The quantitative estimate of drug-likeness (QED) is 0.325. The number of rotatable bonds is 16. The Kier molecular flexibility index (Phi) is 13.4. The second kappa shape index (κ2) is 14.0. The van der Waals surface area contributed by atoms with Gasteiger partial charge in [-0.1, -0.05) is 58.3 Å². The first-order valence-corrected chi connectivity index (χ1v) is 10.5. The third-order valence-corrected chi connectivity index (χ3v) is 4.87. The van der Waals surface area contributed by atoms with Crippen LogP contribution in [-0.2, 0) is 9.59 Å². The van der Waals surface area contributed by atoms with Crippen LogP contribution in [-0.4, -0.2) is 66.6 Å². The number of unbranched alkanes of at least 4 members (excludes halogenated alkanes) is 8. The van der Waals surface area contributed by atoms with E-state index < -0.39 is 12.0 Å². The fourth-order valence-electron chi connectivity index (χ4n) is 3.11. The second-order valence-corrected chi connectivity index (χ2v) is 8.55. The van der Waals surface area contributed by atoms with Crippen LogP contribution in [0, 0.1) is 0 Å². The van der Waals surface area contributed by atoms with Gasteiger partial charge in [-0.3, -0.25) is 4.79 Å². The van der Waals surface area contributed by atoms with Gasteiger partial charge in [-0.05, 0) is 13.3 Å². The van der Waals surface area contributed by atoms with Gasteiger partial charge < -0.3 is 14.5 Å². The van der Waals surface area contributed by atoms with Crippen LogP contribution in [0.15, 0.2) is 0 Å². The van der Waals surface area contributed by atoms with Crippen molar-refractivity contribution in [3.63, 3.8) is 0 Å². The van der Waals surface area contributed by atoms with Gasteiger partial charge in [0.1, 0.15) is 6.04 Å². The number of hydrogen-bond donors (Lipinski definition) is 1. The zero-order chi connectivity index (χ0) is 20.0. The van der Waals surface area contributed by atoms with Crippen molar-refractivity contribution in [2.75, 3.05) is 34.2 Å². The molecule has 0 aliphatic heterocycles. The number of nitrogens with zero attached hydrogens (tertiary/aromatic N) is 2. The molecule has 26 heavy (non-hydrogen) atoms. The van der Waals surface area contributed by atoms with Crippen molar-refractivity contribution in [2.24, 2.45) is 0 Å². The van der Waals surface area contributed by atoms with Gasteiger partial charge in [-0.15, -0.1) is 0 Å². The molecule has 0 heterocycles. The molecule has 5 nitrogen and oxygen atoms in total. The molecule has 1 atom stereocenters. The normalized spacial score (nSPS) is 12.8. The van der Waals surface area contributed by atoms with E-state index in [2.05, 4.69) is 28.1 Å². The molecule has 0 radical (unpaired) electrons. The maximum Gasteiger partial charge on any atom is 0.326 e. The fourth-order valence-corrected chi connectivity index (χ4v) is 3.11. The van der Waals surface area contributed by atoms with E-state index in [1.807, 2.05) is 0 Å². The Balaban J connectivity index is 4.12. The highest BCUT2D eigenvalue weighted by atomic mass is 16.4. The molecule has 0 aromatic heterocycles. The minimum absolute atomic E-state index is 0.00995. The van der Waals surface area contributed by atoms with Gasteiger partial charge in [0.15, 0.2) is 0 Å². The molecule has 0 aliphatic rings. The number of carbonyl (C=O) groups excluding carboxylic acids is 1. The van der Waals surface area contributed by atoms with E-state index in [9.17, 15) is 14.7 Å². The summed E-state index contributed by atoms with van der Waals surface area (Å²) in [5, 5.41) is 9.29. The smallest absolute Gasteiger partial charge is 0.326 e. The zero-order valence-corrected chi connectivity index (χ0v) is 17.9. The predicted octanol–water partition coefficient (Wildman–Crippen LogP) is 4.31. The first kappa shape index (κ1) is 24.9. The van der Waals surface area contributed by atoms with Gasteiger partial charge >= 0.3 is 5.97 Å². The summed E-state index contributed by atoms with van der Waals surface area (Å²) in [7, 11) is 6.32. The number of carboxylic acids is 1. The van der Waals surface area contributed by atoms with E-state index in [0.717, 1.165) is 30.3 Å². The predicted molar refractivity (Wildman–Crippen MR) is 108 cm³/mol. The van der Waals surface area contributed by atoms with Crippen LogP contribution in [0.1, 0.15) is 84.5 Å². The number of amides is 1. The van der Waals surface area contributed by atoms with Gasteiger partial charge in [-0.2, -0.15) is 0 Å². The summed E-state index contributed by atoms with van der Waals surface area (Å²) < 4.78 is 0.821. The fraction of sp³-hybridized carbons (Fsp3) is 0.905. The van der Waals surface area contributed by atoms with E-state index in [0.29, 0.717) is 13.0 Å². The Bertz CT molecular complexity index is 391. The molecule has 1 amide bonds. The number of hydrogen-bond acceptors (Lipinski definition) is 2. The Morgan fingerprint density at radius 1 is 0.885 bits per heavy atom. The van der Waals surface area contributed by atoms with Gasteiger partial charge in [0.05, 0.1) is 27.7 Å². The molecule has 5 heteroatoms. The SMILES string of the molecule is CCCCCCCCCCCC(=O)N(CCC[N+](C)(C)C)C(C)C(=O)O. The molecular formula is C21H43N2O3+. The van der Waals surface area contributed by atoms with E-state index in [1.165, 1.54) is 44.9 Å². The summed E-state index contributed by atoms with van der Waals surface area (Å²) in [5.74, 6) is -0.931. The third-order valence-electron chi connectivity index (χ3n) is 4.87. The largest absolute Gasteiger partial charge is 0.480 e. The van der Waals surface area contributed by atoms with Crippen molar-refractivity contribution < 1.29 is 19.2 Å². The number of carboxylic acid groups (broad SMARTS) is 1. The molecule has 154 valence electrons. The average molecular weight is 372 g/mol. The van der Waals surface area contributed by atoms with Crippen molar-refractivity contribution in [1.29, 1.82) is 0 Å². The molecular weight excluding hydrogens is 328 g/mol. The van der Waals surface area contributed by atoms with Crippen LogP contribution < -0.4 is 0 Å². The Morgan fingerprint density at radius 2 is 1.38 bits per heavy atom. The van der Waals surface area contributed by atoms with Crippen molar-refractivity contribution in [2.45, 2.75) is 90.5 Å². The molecule has 0 aromatic rings. The zero-order valence-electron chi connectivity index (χ0n) is 17.9. The summed E-state index contributed by atoms with van der Waals surface area (Å²) in [6, 6.07) is -0.742. The highest BCUT2D eigenvalue weighted by Gasteiger charge is 2.25. The molecule has 0 bridgehead atoms. The number of carbonyl (C=O) groups is 2. The topological polar surface area (TPSA) is 57.6 Å². The Morgan fingerprint density at radius 3 is 1.85 bits per heavy atom. The molecule has 0 saturated heterocycles. The molecule has 0 aliphatic carbocycles. The van der Waals surface area contributed by atoms with E-state index in [4.69, 9.17) is 0 Å². The van der Waals surface area contributed by atoms with E-state index in [-0.39, 0.29) is 5.91 Å². The summed E-state index contributed by atoms with van der Waals surface area (Å²) in [4.78, 5) is 25.4. The van der Waals surface area contributed by atoms with Crippen molar-refractivity contribution in [3.8, 4) is 0 Å². The summed E-state index contributed by atoms with van der Waals surface area (Å²) >= 11 is 0. The van der Waals surface area contributed by atoms with Crippen molar-refractivity contribution >= 4 is 11.9 Å². The molecule has 0 spiro atoms. The van der Waals surface area contributed by atoms with Gasteiger partial charge in [0.2, 0.25) is 5.91 Å². The molecule has 0 aromatic carbocycles. The van der Waals surface area contributed by atoms with E-state index >= 15 is 0 Å². The maximum atomic E-state index is 12.5. The first-order valence-electron chi connectivity index (χ1n) is 10.5. The number of aliphatic carboxylic acids is 1. The van der Waals surface area contributed by atoms with Crippen LogP contribution in [0.3, 0.4) is 0 Å². The van der Waals surface area contributed by atoms with E-state index in [1.54, 1.807) is 11.8 Å². The van der Waals surface area contributed by atoms with Crippen LogP contribution in [0.25, 0.3) is 0 Å². The second-order valence-electron chi connectivity index (χ2n) is 8.55. The minimum atomic E-state index is -0.921. The highest BCUT2D eigenvalue weighted by Crippen LogP contribution is 2.13. The lowest BCUT2D eigenvalue weighted by molar-refractivity contribution is -0.870. The van der Waals surface area contributed by atoms with Crippen LogP contribution >= 0.6 is 0 Å². The standard InChI is InChI=1S/C21H42N2O3/c1-6-7-8-9-10-11-12-13-14-16-20(24)22(19(2)21(25)26)17-15-18-23(3,4)5/h19H,6-18H2,1-5H3/p+1. The van der Waals surface area contributed by atoms with Crippen LogP contribution in [0.2, 0.25) is 0 Å². The first-order chi connectivity index (χ1) is 12.2. The summed E-state index contributed by atoms with van der Waals surface area (Å²) in [6.45, 7) is 5.30. The van der Waals surface area contributed by atoms with Gasteiger partial charge in [0, 0.05) is 19.4 Å². The average Bonchev–Trinajstić information content (AvgIpc) is 2.55. The lowest BCUT2D eigenvalue weighted by Gasteiger charge is -2.29. The van der Waals surface area contributed by atoms with Gasteiger partial charge in [-0.25, -0.2) is 4.79 Å². The molecule has 0 rings (SSSR count). The lowest BCUT2D eigenvalue weighted by atomic mass is 10.1. The lowest BCUT2D eigenvalue weighted by Crippen LogP contribution is -2.45. The van der Waals surface area contributed by atoms with Crippen molar-refractivity contribution in [3.05, 3.63) is 0 Å². The highest BCUT2D eigenvalue weighted by molar-refractivity contribution is 5.83. The monoisotopic (exact) mass is 371 g/mol. The summed E-state index contributed by atoms with van der Waals surface area (Å²) in [6.07, 6.45) is 12.2. The van der Waals surface area contributed by atoms with Crippen molar-refractivity contribution in [1.82, 2.24) is 4.90 Å². The molecule has 0 fully saturated rings.